The number of Topliss-reactive ketones (excluding diaryl/α,β-unsaturated/α-hetero) is 1. The van der Waals surface area contributed by atoms with Crippen LogP contribution >= 0.6 is 11.8 Å². The number of methoxy groups -OCH3 is 2. The van der Waals surface area contributed by atoms with Crippen LogP contribution in [0.3, 0.4) is 0 Å². The second-order valence-corrected chi connectivity index (χ2v) is 8.60. The van der Waals surface area contributed by atoms with Crippen LogP contribution in [0.5, 0.6) is 11.5 Å². The molecule has 4 nitrogen and oxygen atoms in total. The highest BCUT2D eigenvalue weighted by molar-refractivity contribution is 7.98. The fourth-order valence-electron chi connectivity index (χ4n) is 4.16. The van der Waals surface area contributed by atoms with Crippen molar-refractivity contribution in [3.63, 3.8) is 0 Å². The standard InChI is InChI=1S/C29H26O4S/c1-32-25-19-18-24(26(27(25)33-2)20-14-16-23(34-3)17-15-20)29(31,22-12-8-5-9-13-22)28(30)21-10-6-4-7-11-21/h4-19,31H,1-3H3. The second-order valence-electron chi connectivity index (χ2n) is 7.72. The van der Waals surface area contributed by atoms with Crippen LogP contribution in [0.15, 0.2) is 102 Å². The van der Waals surface area contributed by atoms with Crippen molar-refractivity contribution < 1.29 is 19.4 Å². The highest BCUT2D eigenvalue weighted by Gasteiger charge is 2.43. The Morgan fingerprint density at radius 1 is 0.794 bits per heavy atom. The maximum absolute atomic E-state index is 14.0. The van der Waals surface area contributed by atoms with Gasteiger partial charge in [-0.2, -0.15) is 0 Å². The van der Waals surface area contributed by atoms with Crippen molar-refractivity contribution in [2.45, 2.75) is 10.5 Å². The number of hydrogen-bond donors (Lipinski definition) is 1. The second kappa shape index (κ2) is 10.2. The van der Waals surface area contributed by atoms with Crippen molar-refractivity contribution in [3.8, 4) is 22.6 Å². The summed E-state index contributed by atoms with van der Waals surface area (Å²) in [7, 11) is 3.12. The quantitative estimate of drug-likeness (QED) is 0.245. The van der Waals surface area contributed by atoms with Crippen molar-refractivity contribution in [2.24, 2.45) is 0 Å². The van der Waals surface area contributed by atoms with E-state index in [1.807, 2.05) is 54.8 Å². The van der Waals surface area contributed by atoms with E-state index in [0.29, 0.717) is 33.8 Å². The minimum absolute atomic E-state index is 0.410. The van der Waals surface area contributed by atoms with Gasteiger partial charge in [-0.1, -0.05) is 78.9 Å². The van der Waals surface area contributed by atoms with Crippen LogP contribution in [0.2, 0.25) is 0 Å². The molecule has 172 valence electrons. The van der Waals surface area contributed by atoms with Gasteiger partial charge in [-0.05, 0) is 35.6 Å². The van der Waals surface area contributed by atoms with Gasteiger partial charge in [0, 0.05) is 21.6 Å². The Balaban J connectivity index is 2.06. The minimum Gasteiger partial charge on any atom is -0.493 e. The van der Waals surface area contributed by atoms with E-state index in [9.17, 15) is 9.90 Å². The molecule has 0 aliphatic heterocycles. The Hall–Kier alpha value is -3.54. The summed E-state index contributed by atoms with van der Waals surface area (Å²) in [5.74, 6) is 0.540. The molecule has 34 heavy (non-hydrogen) atoms. The molecule has 1 atom stereocenters. The van der Waals surface area contributed by atoms with Gasteiger partial charge in [0.2, 0.25) is 5.78 Å². The smallest absolute Gasteiger partial charge is 0.203 e. The van der Waals surface area contributed by atoms with Crippen molar-refractivity contribution in [2.75, 3.05) is 20.5 Å². The van der Waals surface area contributed by atoms with Crippen LogP contribution < -0.4 is 9.47 Å². The molecule has 1 N–H and O–H groups in total. The van der Waals surface area contributed by atoms with Gasteiger partial charge in [0.25, 0.3) is 0 Å². The third-order valence-electron chi connectivity index (χ3n) is 5.87. The number of aliphatic hydroxyl groups is 1. The van der Waals surface area contributed by atoms with Gasteiger partial charge in [0.05, 0.1) is 14.2 Å². The SMILES string of the molecule is COc1ccc(C(O)(C(=O)c2ccccc2)c2ccccc2)c(-c2ccc(SC)cc2)c1OC. The first kappa shape index (κ1) is 23.6. The molecule has 0 bridgehead atoms. The highest BCUT2D eigenvalue weighted by atomic mass is 32.2. The number of hydrogen-bond acceptors (Lipinski definition) is 5. The van der Waals surface area contributed by atoms with Crippen molar-refractivity contribution in [1.29, 1.82) is 0 Å². The fraction of sp³-hybridized carbons (Fsp3) is 0.138. The van der Waals surface area contributed by atoms with Crippen LogP contribution in [0.25, 0.3) is 11.1 Å². The van der Waals surface area contributed by atoms with Crippen LogP contribution in [0.1, 0.15) is 21.5 Å². The number of ether oxygens (including phenoxy) is 2. The lowest BCUT2D eigenvalue weighted by Gasteiger charge is -2.31. The van der Waals surface area contributed by atoms with E-state index in [4.69, 9.17) is 9.47 Å². The molecular formula is C29H26O4S. The van der Waals surface area contributed by atoms with Crippen molar-refractivity contribution >= 4 is 17.5 Å². The molecule has 0 heterocycles. The Bertz CT molecular complexity index is 1270. The zero-order valence-corrected chi connectivity index (χ0v) is 20.1. The molecule has 0 aliphatic rings. The average Bonchev–Trinajstić information content (AvgIpc) is 2.92. The molecule has 0 radical (unpaired) electrons. The van der Waals surface area contributed by atoms with Gasteiger partial charge in [-0.25, -0.2) is 0 Å². The summed E-state index contributed by atoms with van der Waals surface area (Å²) in [5, 5.41) is 12.4. The molecule has 0 amide bonds. The summed E-state index contributed by atoms with van der Waals surface area (Å²) in [6, 6.07) is 29.2. The first-order valence-electron chi connectivity index (χ1n) is 10.8. The van der Waals surface area contributed by atoms with E-state index in [1.54, 1.807) is 74.5 Å². The molecule has 0 saturated heterocycles. The number of benzene rings is 4. The fourth-order valence-corrected chi connectivity index (χ4v) is 4.57. The van der Waals surface area contributed by atoms with Gasteiger partial charge in [-0.3, -0.25) is 4.79 Å². The highest BCUT2D eigenvalue weighted by Crippen LogP contribution is 2.47. The van der Waals surface area contributed by atoms with Gasteiger partial charge in [0.1, 0.15) is 0 Å². The largest absolute Gasteiger partial charge is 0.493 e. The third-order valence-corrected chi connectivity index (χ3v) is 6.61. The number of rotatable bonds is 8. The van der Waals surface area contributed by atoms with Crippen molar-refractivity contribution in [3.05, 3.63) is 114 Å². The topological polar surface area (TPSA) is 55.8 Å². The van der Waals surface area contributed by atoms with Crippen LogP contribution in [0, 0.1) is 0 Å². The predicted molar refractivity (Wildman–Crippen MR) is 137 cm³/mol. The molecule has 1 unspecified atom stereocenters. The average molecular weight is 471 g/mol. The first-order valence-corrected chi connectivity index (χ1v) is 12.0. The summed E-state index contributed by atoms with van der Waals surface area (Å²) in [4.78, 5) is 15.1. The first-order chi connectivity index (χ1) is 16.5. The minimum atomic E-state index is -1.96. The maximum atomic E-state index is 14.0. The molecule has 0 spiro atoms. The number of carbonyl (C=O) groups excluding carboxylic acids is 1. The summed E-state index contributed by atoms with van der Waals surface area (Å²) >= 11 is 1.64. The Kier molecular flexibility index (Phi) is 7.06. The van der Waals surface area contributed by atoms with Crippen LogP contribution in [0.4, 0.5) is 0 Å². The van der Waals surface area contributed by atoms with Crippen molar-refractivity contribution in [1.82, 2.24) is 0 Å². The van der Waals surface area contributed by atoms with Crippen LogP contribution in [-0.4, -0.2) is 31.4 Å². The normalized spacial score (nSPS) is 12.6. The lowest BCUT2D eigenvalue weighted by atomic mass is 9.76. The molecule has 0 aliphatic carbocycles. The summed E-state index contributed by atoms with van der Waals surface area (Å²) in [6.07, 6.45) is 2.01. The van der Waals surface area contributed by atoms with Gasteiger partial charge >= 0.3 is 0 Å². The van der Waals surface area contributed by atoms with E-state index in [1.165, 1.54) is 0 Å². The monoisotopic (exact) mass is 470 g/mol. The molecule has 5 heteroatoms. The Morgan fingerprint density at radius 2 is 1.41 bits per heavy atom. The van der Waals surface area contributed by atoms with Crippen LogP contribution in [-0.2, 0) is 5.60 Å². The van der Waals surface area contributed by atoms with Gasteiger partial charge < -0.3 is 14.6 Å². The molecule has 0 saturated carbocycles. The molecule has 4 aromatic rings. The number of ketones is 1. The summed E-state index contributed by atoms with van der Waals surface area (Å²) < 4.78 is 11.3. The van der Waals surface area contributed by atoms with E-state index >= 15 is 0 Å². The Morgan fingerprint density at radius 3 is 1.97 bits per heavy atom. The third kappa shape index (κ3) is 4.20. The predicted octanol–water partition coefficient (Wildman–Crippen LogP) is 6.21. The zero-order chi connectivity index (χ0) is 24.1. The van der Waals surface area contributed by atoms with E-state index in [-0.39, 0.29) is 0 Å². The lowest BCUT2D eigenvalue weighted by molar-refractivity contribution is 0.0489. The number of thioether (sulfide) groups is 1. The molecule has 0 fully saturated rings. The zero-order valence-electron chi connectivity index (χ0n) is 19.3. The summed E-state index contributed by atoms with van der Waals surface area (Å²) in [5.41, 5.74) is 0.742. The molecule has 0 aromatic heterocycles. The number of carbonyl (C=O) groups is 1. The van der Waals surface area contributed by atoms with Gasteiger partial charge in [0.15, 0.2) is 17.1 Å². The van der Waals surface area contributed by atoms with E-state index < -0.39 is 11.4 Å². The molecule has 4 rings (SSSR count). The van der Waals surface area contributed by atoms with E-state index in [0.717, 1.165) is 10.5 Å². The van der Waals surface area contributed by atoms with E-state index in [2.05, 4.69) is 0 Å². The molecule has 4 aromatic carbocycles. The van der Waals surface area contributed by atoms with Gasteiger partial charge in [-0.15, -0.1) is 11.8 Å². The Labute approximate surface area is 204 Å². The lowest BCUT2D eigenvalue weighted by Crippen LogP contribution is -2.37. The molecular weight excluding hydrogens is 444 g/mol. The maximum Gasteiger partial charge on any atom is 0.203 e. The summed E-state index contributed by atoms with van der Waals surface area (Å²) in [6.45, 7) is 0.